The summed E-state index contributed by atoms with van der Waals surface area (Å²) in [5.41, 5.74) is 1.31. The Balaban J connectivity index is 1.24. The van der Waals surface area contributed by atoms with E-state index < -0.39 is 15.8 Å². The van der Waals surface area contributed by atoms with Crippen LogP contribution < -0.4 is 16.4 Å². The number of carbonyl (C=O) groups is 1. The molecule has 3 N–H and O–H groups in total. The van der Waals surface area contributed by atoms with E-state index in [9.17, 15) is 18.0 Å². The van der Waals surface area contributed by atoms with Gasteiger partial charge in [0.2, 0.25) is 10.0 Å². The number of rotatable bonds is 5. The van der Waals surface area contributed by atoms with Gasteiger partial charge in [0.25, 0.3) is 5.91 Å². The number of piperidine rings is 2. The van der Waals surface area contributed by atoms with E-state index in [0.717, 1.165) is 38.8 Å². The second-order valence-electron chi connectivity index (χ2n) is 9.05. The Hall–Kier alpha value is -2.17. The van der Waals surface area contributed by atoms with Crippen molar-refractivity contribution in [3.63, 3.8) is 0 Å². The molecular weight excluding hydrogens is 420 g/mol. The first kappa shape index (κ1) is 20.7. The molecule has 31 heavy (non-hydrogen) atoms. The van der Waals surface area contributed by atoms with Crippen molar-refractivity contribution >= 4 is 27.0 Å². The molecule has 0 saturated carbocycles. The van der Waals surface area contributed by atoms with Crippen LogP contribution in [0.4, 0.5) is 0 Å². The topological polar surface area (TPSA) is 125 Å². The normalized spacial score (nSPS) is 27.5. The van der Waals surface area contributed by atoms with Gasteiger partial charge >= 0.3 is 5.76 Å². The van der Waals surface area contributed by atoms with Crippen LogP contribution in [0.5, 0.6) is 0 Å². The summed E-state index contributed by atoms with van der Waals surface area (Å²) < 4.78 is 33.1. The smallest absolute Gasteiger partial charge is 0.408 e. The Morgan fingerprint density at radius 3 is 2.55 bits per heavy atom. The molecule has 168 valence electrons. The molecule has 10 heteroatoms. The third kappa shape index (κ3) is 4.16. The fourth-order valence-electron chi connectivity index (χ4n) is 5.49. The molecule has 3 saturated heterocycles. The summed E-state index contributed by atoms with van der Waals surface area (Å²) in [6.07, 6.45) is 4.79. The van der Waals surface area contributed by atoms with Gasteiger partial charge in [0, 0.05) is 23.7 Å². The van der Waals surface area contributed by atoms with Crippen LogP contribution in [0.1, 0.15) is 48.9 Å². The van der Waals surface area contributed by atoms with Crippen molar-refractivity contribution in [2.45, 2.75) is 56.7 Å². The number of amides is 1. The maximum absolute atomic E-state index is 13.2. The molecule has 4 heterocycles. The van der Waals surface area contributed by atoms with E-state index in [1.54, 1.807) is 22.5 Å². The number of aromatic amines is 1. The number of nitrogens with zero attached hydrogens (tertiary/aromatic N) is 1. The van der Waals surface area contributed by atoms with Gasteiger partial charge in [-0.1, -0.05) is 0 Å². The standard InChI is InChI=1S/C21H28N4O5S/c26-20(14-1-4-18-19(9-14)30-21(27)24-18)23-15-10-16-2-3-17(11-15)25(16)31(28,29)12-13-5-7-22-8-6-13/h1,4,9,13,15-17,22H,2-3,5-8,10-12H2,(H,23,26)(H,24,27)/t15-,16-,17+. The maximum Gasteiger partial charge on any atom is 0.417 e. The highest BCUT2D eigenvalue weighted by atomic mass is 32.2. The predicted molar refractivity (Wildman–Crippen MR) is 115 cm³/mol. The molecule has 2 bridgehead atoms. The fraction of sp³-hybridized carbons (Fsp3) is 0.619. The van der Waals surface area contributed by atoms with Crippen LogP contribution >= 0.6 is 0 Å². The van der Waals surface area contributed by atoms with Crippen LogP contribution in [0.15, 0.2) is 27.4 Å². The molecule has 0 radical (unpaired) electrons. The zero-order valence-corrected chi connectivity index (χ0v) is 18.1. The molecule has 1 amide bonds. The second-order valence-corrected chi connectivity index (χ2v) is 11.0. The minimum atomic E-state index is -3.30. The van der Waals surface area contributed by atoms with E-state index in [1.165, 1.54) is 0 Å². The lowest BCUT2D eigenvalue weighted by Gasteiger charge is -2.39. The van der Waals surface area contributed by atoms with Crippen molar-refractivity contribution in [1.29, 1.82) is 0 Å². The molecule has 5 rings (SSSR count). The molecule has 3 atom stereocenters. The van der Waals surface area contributed by atoms with E-state index in [0.29, 0.717) is 29.5 Å². The molecule has 0 aliphatic carbocycles. The third-order valence-electron chi connectivity index (χ3n) is 6.91. The molecule has 2 aromatic rings. The van der Waals surface area contributed by atoms with Crippen LogP contribution in [0, 0.1) is 5.92 Å². The number of nitrogens with one attached hydrogen (secondary N) is 3. The SMILES string of the molecule is O=C(N[C@@H]1C[C@H]2CC[C@@H](C1)N2S(=O)(=O)CC1CCNCC1)c1ccc2[nH]c(=O)oc2c1. The highest BCUT2D eigenvalue weighted by molar-refractivity contribution is 7.89. The van der Waals surface area contributed by atoms with Crippen LogP contribution in [0.2, 0.25) is 0 Å². The minimum absolute atomic E-state index is 0.0408. The Kier molecular flexibility index (Phi) is 5.39. The minimum Gasteiger partial charge on any atom is -0.408 e. The fourth-order valence-corrected chi connectivity index (χ4v) is 7.89. The first-order chi connectivity index (χ1) is 14.9. The zero-order valence-electron chi connectivity index (χ0n) is 17.3. The Labute approximate surface area is 180 Å². The van der Waals surface area contributed by atoms with Crippen LogP contribution in [-0.2, 0) is 10.0 Å². The van der Waals surface area contributed by atoms with Gasteiger partial charge in [0.05, 0.1) is 11.3 Å². The molecule has 3 aliphatic rings. The molecule has 0 unspecified atom stereocenters. The van der Waals surface area contributed by atoms with Gasteiger partial charge in [-0.15, -0.1) is 0 Å². The summed E-state index contributed by atoms with van der Waals surface area (Å²) in [7, 11) is -3.30. The maximum atomic E-state index is 13.2. The summed E-state index contributed by atoms with van der Waals surface area (Å²) >= 11 is 0. The Bertz CT molecular complexity index is 1120. The Morgan fingerprint density at radius 2 is 1.84 bits per heavy atom. The van der Waals surface area contributed by atoms with Gasteiger partial charge in [-0.2, -0.15) is 4.31 Å². The lowest BCUT2D eigenvalue weighted by atomic mass is 9.99. The van der Waals surface area contributed by atoms with Crippen LogP contribution in [0.25, 0.3) is 11.1 Å². The summed E-state index contributed by atoms with van der Waals surface area (Å²) in [6.45, 7) is 1.78. The van der Waals surface area contributed by atoms with Crippen molar-refractivity contribution in [2.75, 3.05) is 18.8 Å². The average molecular weight is 449 g/mol. The first-order valence-corrected chi connectivity index (χ1v) is 12.7. The monoisotopic (exact) mass is 448 g/mol. The van der Waals surface area contributed by atoms with Gasteiger partial charge in [-0.05, 0) is 75.7 Å². The predicted octanol–water partition coefficient (Wildman–Crippen LogP) is 1.18. The zero-order chi connectivity index (χ0) is 21.6. The number of carbonyl (C=O) groups excluding carboxylic acids is 1. The molecule has 3 aliphatic heterocycles. The van der Waals surface area contributed by atoms with Crippen molar-refractivity contribution < 1.29 is 17.6 Å². The average Bonchev–Trinajstić information content (AvgIpc) is 3.24. The van der Waals surface area contributed by atoms with E-state index in [2.05, 4.69) is 15.6 Å². The molecule has 3 fully saturated rings. The Morgan fingerprint density at radius 1 is 1.13 bits per heavy atom. The van der Waals surface area contributed by atoms with Gasteiger partial charge in [-0.3, -0.25) is 9.78 Å². The lowest BCUT2D eigenvalue weighted by molar-refractivity contribution is 0.0909. The number of H-pyrrole nitrogens is 1. The van der Waals surface area contributed by atoms with Gasteiger partial charge in [-0.25, -0.2) is 13.2 Å². The molecule has 9 nitrogen and oxygen atoms in total. The lowest BCUT2D eigenvalue weighted by Crippen LogP contribution is -2.53. The van der Waals surface area contributed by atoms with E-state index in [-0.39, 0.29) is 35.7 Å². The van der Waals surface area contributed by atoms with Gasteiger partial charge in [0.1, 0.15) is 0 Å². The number of oxazole rings is 1. The highest BCUT2D eigenvalue weighted by Gasteiger charge is 2.47. The largest absolute Gasteiger partial charge is 0.417 e. The first-order valence-electron chi connectivity index (χ1n) is 11.0. The molecule has 0 spiro atoms. The third-order valence-corrected chi connectivity index (χ3v) is 9.04. The van der Waals surface area contributed by atoms with Crippen molar-refractivity contribution in [3.8, 4) is 0 Å². The van der Waals surface area contributed by atoms with Crippen molar-refractivity contribution in [2.24, 2.45) is 5.92 Å². The number of aromatic nitrogens is 1. The summed E-state index contributed by atoms with van der Waals surface area (Å²) in [4.78, 5) is 26.6. The van der Waals surface area contributed by atoms with Crippen LogP contribution in [-0.4, -0.2) is 60.6 Å². The number of hydrogen-bond acceptors (Lipinski definition) is 6. The summed E-state index contributed by atoms with van der Waals surface area (Å²) in [5.74, 6) is -0.324. The molecule has 1 aromatic carbocycles. The second kappa shape index (κ2) is 8.07. The van der Waals surface area contributed by atoms with Crippen LogP contribution in [0.3, 0.4) is 0 Å². The van der Waals surface area contributed by atoms with E-state index >= 15 is 0 Å². The van der Waals surface area contributed by atoms with Gasteiger partial charge < -0.3 is 15.1 Å². The van der Waals surface area contributed by atoms with E-state index in [4.69, 9.17) is 4.42 Å². The number of sulfonamides is 1. The molecule has 1 aromatic heterocycles. The van der Waals surface area contributed by atoms with Crippen molar-refractivity contribution in [1.82, 2.24) is 19.9 Å². The highest BCUT2D eigenvalue weighted by Crippen LogP contribution is 2.39. The summed E-state index contributed by atoms with van der Waals surface area (Å²) in [5, 5.41) is 6.35. The number of benzene rings is 1. The van der Waals surface area contributed by atoms with Gasteiger partial charge in [0.15, 0.2) is 5.58 Å². The number of fused-ring (bicyclic) bond motifs is 3. The summed E-state index contributed by atoms with van der Waals surface area (Å²) in [6, 6.07) is 4.70. The quantitative estimate of drug-likeness (QED) is 0.631. The van der Waals surface area contributed by atoms with Crippen molar-refractivity contribution in [3.05, 3.63) is 34.3 Å². The van der Waals surface area contributed by atoms with E-state index in [1.807, 2.05) is 0 Å². The number of hydrogen-bond donors (Lipinski definition) is 3. The molecular formula is C21H28N4O5S.